The molecule has 1 atom stereocenters. The van der Waals surface area contributed by atoms with Crippen LogP contribution in [-0.4, -0.2) is 40.8 Å². The number of halogens is 1. The van der Waals surface area contributed by atoms with Gasteiger partial charge in [-0.25, -0.2) is 4.39 Å². The van der Waals surface area contributed by atoms with E-state index < -0.39 is 0 Å². The van der Waals surface area contributed by atoms with Crippen LogP contribution in [0.15, 0.2) is 48.8 Å². The maximum atomic E-state index is 13.0. The molecule has 27 heavy (non-hydrogen) atoms. The quantitative estimate of drug-likeness (QED) is 0.881. The van der Waals surface area contributed by atoms with Gasteiger partial charge in [0.2, 0.25) is 5.91 Å². The zero-order chi connectivity index (χ0) is 19.2. The van der Waals surface area contributed by atoms with E-state index in [4.69, 9.17) is 0 Å². The Bertz CT molecular complexity index is 772. The van der Waals surface area contributed by atoms with E-state index in [0.29, 0.717) is 25.1 Å². The van der Waals surface area contributed by atoms with Crippen LogP contribution in [0.5, 0.6) is 0 Å². The Labute approximate surface area is 158 Å². The maximum Gasteiger partial charge on any atom is 0.251 e. The fourth-order valence-corrected chi connectivity index (χ4v) is 3.35. The molecule has 1 saturated heterocycles. The molecule has 5 nitrogen and oxygen atoms in total. The highest BCUT2D eigenvalue weighted by atomic mass is 19.1. The van der Waals surface area contributed by atoms with E-state index in [-0.39, 0.29) is 29.6 Å². The summed E-state index contributed by atoms with van der Waals surface area (Å²) in [4.78, 5) is 30.5. The molecule has 142 valence electrons. The molecule has 0 radical (unpaired) electrons. The highest BCUT2D eigenvalue weighted by molar-refractivity contribution is 5.94. The molecule has 1 fully saturated rings. The molecule has 0 saturated carbocycles. The molecule has 2 amide bonds. The number of nitrogens with zero attached hydrogens (tertiary/aromatic N) is 2. The summed E-state index contributed by atoms with van der Waals surface area (Å²) in [6, 6.07) is 9.75. The topological polar surface area (TPSA) is 62.3 Å². The molecule has 6 heteroatoms. The summed E-state index contributed by atoms with van der Waals surface area (Å²) in [5.41, 5.74) is 1.56. The molecule has 2 aromatic rings. The minimum Gasteiger partial charge on any atom is -0.349 e. The lowest BCUT2D eigenvalue weighted by atomic mass is 9.96. The van der Waals surface area contributed by atoms with Crippen molar-refractivity contribution in [2.24, 2.45) is 0 Å². The van der Waals surface area contributed by atoms with Crippen LogP contribution < -0.4 is 5.32 Å². The Kier molecular flexibility index (Phi) is 6.16. The number of carbonyl (C=O) groups is 2. The molecule has 1 aromatic heterocycles. The van der Waals surface area contributed by atoms with Crippen molar-refractivity contribution in [3.8, 4) is 0 Å². The van der Waals surface area contributed by atoms with E-state index in [2.05, 4.69) is 10.3 Å². The van der Waals surface area contributed by atoms with Gasteiger partial charge < -0.3 is 10.2 Å². The van der Waals surface area contributed by atoms with Gasteiger partial charge in [0.05, 0.1) is 0 Å². The van der Waals surface area contributed by atoms with Crippen LogP contribution >= 0.6 is 0 Å². The van der Waals surface area contributed by atoms with E-state index in [9.17, 15) is 14.0 Å². The highest BCUT2D eigenvalue weighted by Crippen LogP contribution is 2.22. The van der Waals surface area contributed by atoms with Crippen molar-refractivity contribution in [1.29, 1.82) is 0 Å². The maximum absolute atomic E-state index is 13.0. The summed E-state index contributed by atoms with van der Waals surface area (Å²) in [5, 5.41) is 3.03. The number of likely N-dealkylation sites (tertiary alicyclic amines) is 1. The van der Waals surface area contributed by atoms with Crippen LogP contribution in [0.1, 0.15) is 48.0 Å². The summed E-state index contributed by atoms with van der Waals surface area (Å²) in [6.45, 7) is 3.25. The highest BCUT2D eigenvalue weighted by Gasteiger charge is 2.25. The Hall–Kier alpha value is -2.76. The van der Waals surface area contributed by atoms with E-state index in [0.717, 1.165) is 18.4 Å². The average Bonchev–Trinajstić information content (AvgIpc) is 2.69. The predicted octanol–water partition coefficient (Wildman–Crippen LogP) is 3.14. The van der Waals surface area contributed by atoms with Gasteiger partial charge in [0.25, 0.3) is 5.91 Å². The third kappa shape index (κ3) is 5.12. The minimum atomic E-state index is -0.270. The summed E-state index contributed by atoms with van der Waals surface area (Å²) in [5.74, 6) is -0.228. The van der Waals surface area contributed by atoms with Gasteiger partial charge in [-0.05, 0) is 48.6 Å². The van der Waals surface area contributed by atoms with E-state index >= 15 is 0 Å². The zero-order valence-corrected chi connectivity index (χ0v) is 15.4. The molecule has 0 bridgehead atoms. The number of hydrogen-bond acceptors (Lipinski definition) is 3. The molecular weight excluding hydrogens is 345 g/mol. The van der Waals surface area contributed by atoms with Crippen molar-refractivity contribution >= 4 is 11.8 Å². The molecule has 0 aliphatic carbocycles. The average molecular weight is 369 g/mol. The second kappa shape index (κ2) is 8.75. The molecule has 0 unspecified atom stereocenters. The van der Waals surface area contributed by atoms with Crippen LogP contribution in [0, 0.1) is 5.82 Å². The lowest BCUT2D eigenvalue weighted by Gasteiger charge is -2.33. The smallest absolute Gasteiger partial charge is 0.251 e. The van der Waals surface area contributed by atoms with Gasteiger partial charge >= 0.3 is 0 Å². The Morgan fingerprint density at radius 1 is 1.15 bits per heavy atom. The Morgan fingerprint density at radius 3 is 2.41 bits per heavy atom. The first-order chi connectivity index (χ1) is 13.0. The van der Waals surface area contributed by atoms with Crippen molar-refractivity contribution in [3.05, 3.63) is 65.7 Å². The van der Waals surface area contributed by atoms with E-state index in [1.807, 2.05) is 11.8 Å². The molecular formula is C21H24FN3O2. The van der Waals surface area contributed by atoms with Gasteiger partial charge in [-0.3, -0.25) is 14.6 Å². The minimum absolute atomic E-state index is 0.0437. The SMILES string of the molecule is C[C@H](CC(=O)N1CCC(NC(=O)c2ccncc2)CC1)c1ccc(F)cc1. The van der Waals surface area contributed by atoms with Gasteiger partial charge in [0, 0.05) is 43.5 Å². The summed E-state index contributed by atoms with van der Waals surface area (Å²) in [6.07, 6.45) is 5.08. The first-order valence-electron chi connectivity index (χ1n) is 9.27. The fourth-order valence-electron chi connectivity index (χ4n) is 3.35. The first kappa shape index (κ1) is 19.0. The van der Waals surface area contributed by atoms with Crippen LogP contribution in [0.4, 0.5) is 4.39 Å². The standard InChI is InChI=1S/C21H24FN3O2/c1-15(16-2-4-18(22)5-3-16)14-20(26)25-12-8-19(9-13-25)24-21(27)17-6-10-23-11-7-17/h2-7,10-11,15,19H,8-9,12-14H2,1H3,(H,24,27)/t15-/m1/s1. The fraction of sp³-hybridized carbons (Fsp3) is 0.381. The molecule has 1 aromatic carbocycles. The van der Waals surface area contributed by atoms with Gasteiger partial charge in [-0.2, -0.15) is 0 Å². The van der Waals surface area contributed by atoms with Crippen molar-refractivity contribution in [2.75, 3.05) is 13.1 Å². The third-order valence-corrected chi connectivity index (χ3v) is 5.05. The molecule has 3 rings (SSSR count). The first-order valence-corrected chi connectivity index (χ1v) is 9.27. The van der Waals surface area contributed by atoms with Crippen LogP contribution in [-0.2, 0) is 4.79 Å². The van der Waals surface area contributed by atoms with Gasteiger partial charge in [-0.15, -0.1) is 0 Å². The monoisotopic (exact) mass is 369 g/mol. The van der Waals surface area contributed by atoms with Gasteiger partial charge in [0.15, 0.2) is 0 Å². The van der Waals surface area contributed by atoms with Crippen molar-refractivity contribution in [3.63, 3.8) is 0 Å². The lowest BCUT2D eigenvalue weighted by molar-refractivity contribution is -0.132. The predicted molar refractivity (Wildman–Crippen MR) is 101 cm³/mol. The summed E-state index contributed by atoms with van der Waals surface area (Å²) in [7, 11) is 0. The Morgan fingerprint density at radius 2 is 1.78 bits per heavy atom. The van der Waals surface area contributed by atoms with Crippen LogP contribution in [0.2, 0.25) is 0 Å². The molecule has 1 N–H and O–H groups in total. The van der Waals surface area contributed by atoms with Crippen molar-refractivity contribution < 1.29 is 14.0 Å². The number of carbonyl (C=O) groups excluding carboxylic acids is 2. The largest absolute Gasteiger partial charge is 0.349 e. The number of amides is 2. The zero-order valence-electron chi connectivity index (χ0n) is 15.4. The van der Waals surface area contributed by atoms with Gasteiger partial charge in [0.1, 0.15) is 5.82 Å². The van der Waals surface area contributed by atoms with E-state index in [1.165, 1.54) is 12.1 Å². The second-order valence-corrected chi connectivity index (χ2v) is 7.02. The summed E-state index contributed by atoms with van der Waals surface area (Å²) < 4.78 is 13.0. The van der Waals surface area contributed by atoms with Crippen molar-refractivity contribution in [2.45, 2.75) is 38.1 Å². The Balaban J connectivity index is 1.46. The van der Waals surface area contributed by atoms with Crippen LogP contribution in [0.3, 0.4) is 0 Å². The normalized spacial score (nSPS) is 16.0. The molecule has 1 aliphatic heterocycles. The number of nitrogens with one attached hydrogen (secondary N) is 1. The lowest BCUT2D eigenvalue weighted by Crippen LogP contribution is -2.46. The summed E-state index contributed by atoms with van der Waals surface area (Å²) >= 11 is 0. The molecule has 0 spiro atoms. The molecule has 1 aliphatic rings. The number of pyridine rings is 1. The van der Waals surface area contributed by atoms with Crippen molar-refractivity contribution in [1.82, 2.24) is 15.2 Å². The number of hydrogen-bond donors (Lipinski definition) is 1. The number of aromatic nitrogens is 1. The van der Waals surface area contributed by atoms with Crippen LogP contribution in [0.25, 0.3) is 0 Å². The number of piperidine rings is 1. The molecule has 2 heterocycles. The number of rotatable bonds is 5. The van der Waals surface area contributed by atoms with E-state index in [1.54, 1.807) is 36.7 Å². The van der Waals surface area contributed by atoms with Gasteiger partial charge in [-0.1, -0.05) is 19.1 Å². The third-order valence-electron chi connectivity index (χ3n) is 5.05. The number of benzene rings is 1. The second-order valence-electron chi connectivity index (χ2n) is 7.02.